The molecule has 0 saturated carbocycles. The maximum Gasteiger partial charge on any atom is 0.246 e. The van der Waals surface area contributed by atoms with Gasteiger partial charge >= 0.3 is 0 Å². The number of rotatable bonds is 5. The number of hydrogen-bond acceptors (Lipinski definition) is 4. The second-order valence-corrected chi connectivity index (χ2v) is 8.57. The van der Waals surface area contributed by atoms with Gasteiger partial charge in [0.05, 0.1) is 16.7 Å². The number of halogens is 2. The lowest BCUT2D eigenvalue weighted by atomic mass is 9.99. The van der Waals surface area contributed by atoms with E-state index < -0.39 is 10.0 Å². The van der Waals surface area contributed by atoms with Crippen molar-refractivity contribution in [2.45, 2.75) is 17.7 Å². The van der Waals surface area contributed by atoms with Crippen LogP contribution in [0, 0.1) is 5.92 Å². The molecule has 0 unspecified atom stereocenters. The summed E-state index contributed by atoms with van der Waals surface area (Å²) in [7, 11) is -3.70. The van der Waals surface area contributed by atoms with E-state index in [0.717, 1.165) is 0 Å². The van der Waals surface area contributed by atoms with Crippen molar-refractivity contribution in [2.75, 3.05) is 19.7 Å². The number of ether oxygens (including phenoxy) is 1. The molecule has 3 rings (SSSR count). The molecule has 0 spiro atoms. The molecule has 1 aliphatic heterocycles. The minimum atomic E-state index is -3.70. The lowest BCUT2D eigenvalue weighted by Gasteiger charge is -2.31. The van der Waals surface area contributed by atoms with Gasteiger partial charge in [-0.2, -0.15) is 4.31 Å². The average molecular weight is 401 g/mol. The third-order valence-corrected chi connectivity index (χ3v) is 7.05. The van der Waals surface area contributed by atoms with E-state index in [0.29, 0.717) is 38.4 Å². The van der Waals surface area contributed by atoms with E-state index in [-0.39, 0.29) is 20.9 Å². The molecule has 2 aromatic rings. The molecule has 1 saturated heterocycles. The Balaban J connectivity index is 1.62. The van der Waals surface area contributed by atoms with Gasteiger partial charge in [0.2, 0.25) is 15.9 Å². The predicted molar refractivity (Wildman–Crippen MR) is 97.7 cm³/mol. The molecule has 134 valence electrons. The summed E-state index contributed by atoms with van der Waals surface area (Å²) < 4.78 is 32.8. The lowest BCUT2D eigenvalue weighted by Crippen LogP contribution is -2.39. The Morgan fingerprint density at radius 3 is 2.36 bits per heavy atom. The first-order chi connectivity index (χ1) is 12.0. The fourth-order valence-corrected chi connectivity index (χ4v) is 5.37. The zero-order chi connectivity index (χ0) is 17.9. The standard InChI is InChI=1S/C17H18Cl2N2O3S/c18-14-4-3-5-15(19)17(14)25(22,23)21-10-7-13(8-11-21)12-24-16-6-1-2-9-20-16/h1-6,9,13H,7-8,10-12H2. The number of benzene rings is 1. The normalized spacial score (nSPS) is 16.7. The van der Waals surface area contributed by atoms with Gasteiger partial charge in [-0.1, -0.05) is 35.3 Å². The van der Waals surface area contributed by atoms with Gasteiger partial charge in [0.25, 0.3) is 0 Å². The summed E-state index contributed by atoms with van der Waals surface area (Å²) in [6, 6.07) is 10.2. The van der Waals surface area contributed by atoms with Gasteiger partial charge in [0.15, 0.2) is 0 Å². The topological polar surface area (TPSA) is 59.5 Å². The molecule has 0 atom stereocenters. The summed E-state index contributed by atoms with van der Waals surface area (Å²) in [6.07, 6.45) is 3.11. The van der Waals surface area contributed by atoms with Crippen LogP contribution >= 0.6 is 23.2 Å². The molecule has 1 aromatic heterocycles. The molecule has 0 aliphatic carbocycles. The Morgan fingerprint density at radius 1 is 1.08 bits per heavy atom. The molecule has 1 fully saturated rings. The first-order valence-corrected chi connectivity index (χ1v) is 10.2. The molecule has 0 amide bonds. The summed E-state index contributed by atoms with van der Waals surface area (Å²) in [4.78, 5) is 4.11. The smallest absolute Gasteiger partial charge is 0.246 e. The maximum atomic E-state index is 12.8. The highest BCUT2D eigenvalue weighted by atomic mass is 35.5. The molecule has 0 bridgehead atoms. The fourth-order valence-electron chi connectivity index (χ4n) is 2.81. The van der Waals surface area contributed by atoms with E-state index in [4.69, 9.17) is 27.9 Å². The van der Waals surface area contributed by atoms with Crippen LogP contribution in [0.2, 0.25) is 10.0 Å². The zero-order valence-electron chi connectivity index (χ0n) is 13.4. The molecule has 25 heavy (non-hydrogen) atoms. The summed E-state index contributed by atoms with van der Waals surface area (Å²) in [6.45, 7) is 1.36. The van der Waals surface area contributed by atoms with Crippen molar-refractivity contribution >= 4 is 33.2 Å². The van der Waals surface area contributed by atoms with Crippen LogP contribution in [0.1, 0.15) is 12.8 Å². The minimum Gasteiger partial charge on any atom is -0.477 e. The second-order valence-electron chi connectivity index (χ2n) is 5.88. The van der Waals surface area contributed by atoms with Gasteiger partial charge in [-0.25, -0.2) is 13.4 Å². The molecular formula is C17H18Cl2N2O3S. The highest BCUT2D eigenvalue weighted by Gasteiger charge is 2.32. The summed E-state index contributed by atoms with van der Waals surface area (Å²) in [5, 5.41) is 0.293. The summed E-state index contributed by atoms with van der Waals surface area (Å²) >= 11 is 12.1. The van der Waals surface area contributed by atoms with E-state index in [9.17, 15) is 8.42 Å². The van der Waals surface area contributed by atoms with Gasteiger partial charge in [-0.15, -0.1) is 0 Å². The quantitative estimate of drug-likeness (QED) is 0.763. The van der Waals surface area contributed by atoms with Gasteiger partial charge < -0.3 is 4.74 Å². The van der Waals surface area contributed by atoms with Crippen LogP contribution in [0.4, 0.5) is 0 Å². The van der Waals surface area contributed by atoms with Crippen molar-refractivity contribution in [3.63, 3.8) is 0 Å². The SMILES string of the molecule is O=S(=O)(c1c(Cl)cccc1Cl)N1CCC(COc2ccccn2)CC1. The van der Waals surface area contributed by atoms with E-state index >= 15 is 0 Å². The van der Waals surface area contributed by atoms with Crippen LogP contribution in [0.25, 0.3) is 0 Å². The van der Waals surface area contributed by atoms with Crippen molar-refractivity contribution in [1.29, 1.82) is 0 Å². The van der Waals surface area contributed by atoms with Gasteiger partial charge in [-0.05, 0) is 37.0 Å². The van der Waals surface area contributed by atoms with E-state index in [2.05, 4.69) is 4.98 Å². The van der Waals surface area contributed by atoms with E-state index in [1.54, 1.807) is 18.3 Å². The third kappa shape index (κ3) is 4.26. The summed E-state index contributed by atoms with van der Waals surface area (Å²) in [5.41, 5.74) is 0. The van der Waals surface area contributed by atoms with Crippen molar-refractivity contribution in [3.05, 3.63) is 52.6 Å². The first-order valence-electron chi connectivity index (χ1n) is 7.96. The second kappa shape index (κ2) is 7.91. The molecule has 2 heterocycles. The highest BCUT2D eigenvalue weighted by Crippen LogP contribution is 2.33. The molecule has 5 nitrogen and oxygen atoms in total. The highest BCUT2D eigenvalue weighted by molar-refractivity contribution is 7.89. The number of hydrogen-bond donors (Lipinski definition) is 0. The third-order valence-electron chi connectivity index (χ3n) is 4.19. The average Bonchev–Trinajstić information content (AvgIpc) is 2.61. The monoisotopic (exact) mass is 400 g/mol. The Hall–Kier alpha value is -1.34. The van der Waals surface area contributed by atoms with Gasteiger partial charge in [0, 0.05) is 25.4 Å². The van der Waals surface area contributed by atoms with Gasteiger partial charge in [0.1, 0.15) is 4.90 Å². The lowest BCUT2D eigenvalue weighted by molar-refractivity contribution is 0.181. The van der Waals surface area contributed by atoms with Crippen molar-refractivity contribution in [3.8, 4) is 5.88 Å². The Kier molecular flexibility index (Phi) is 5.84. The van der Waals surface area contributed by atoms with Gasteiger partial charge in [-0.3, -0.25) is 0 Å². The molecule has 8 heteroatoms. The van der Waals surface area contributed by atoms with Crippen molar-refractivity contribution in [1.82, 2.24) is 9.29 Å². The van der Waals surface area contributed by atoms with Crippen molar-refractivity contribution in [2.24, 2.45) is 5.92 Å². The maximum absolute atomic E-state index is 12.8. The molecule has 1 aliphatic rings. The van der Waals surface area contributed by atoms with E-state index in [1.165, 1.54) is 16.4 Å². The number of sulfonamides is 1. The fraction of sp³-hybridized carbons (Fsp3) is 0.353. The Morgan fingerprint density at radius 2 is 1.76 bits per heavy atom. The molecule has 0 N–H and O–H groups in total. The first kappa shape index (κ1) is 18.5. The zero-order valence-corrected chi connectivity index (χ0v) is 15.8. The number of nitrogens with zero attached hydrogens (tertiary/aromatic N) is 2. The minimum absolute atomic E-state index is 0.0125. The Labute approximate surface area is 157 Å². The van der Waals surface area contributed by atoms with Crippen LogP contribution in [-0.2, 0) is 10.0 Å². The van der Waals surface area contributed by atoms with Crippen molar-refractivity contribution < 1.29 is 13.2 Å². The summed E-state index contributed by atoms with van der Waals surface area (Å²) in [5.74, 6) is 0.871. The Bertz CT molecular complexity index is 803. The molecular weight excluding hydrogens is 383 g/mol. The molecule has 0 radical (unpaired) electrons. The predicted octanol–water partition coefficient (Wildman–Crippen LogP) is 3.87. The number of aromatic nitrogens is 1. The van der Waals surface area contributed by atoms with Crippen LogP contribution in [0.15, 0.2) is 47.5 Å². The van der Waals surface area contributed by atoms with Crippen LogP contribution < -0.4 is 4.74 Å². The largest absolute Gasteiger partial charge is 0.477 e. The van der Waals surface area contributed by atoms with Crippen LogP contribution in [0.3, 0.4) is 0 Å². The molecule has 1 aromatic carbocycles. The number of piperidine rings is 1. The van der Waals surface area contributed by atoms with Crippen LogP contribution in [-0.4, -0.2) is 37.4 Å². The van der Waals surface area contributed by atoms with Crippen LogP contribution in [0.5, 0.6) is 5.88 Å². The number of pyridine rings is 1. The van der Waals surface area contributed by atoms with E-state index in [1.807, 2.05) is 12.1 Å².